The van der Waals surface area contributed by atoms with Gasteiger partial charge in [-0.3, -0.25) is 0 Å². The molecule has 0 saturated heterocycles. The molecule has 19 heavy (non-hydrogen) atoms. The van der Waals surface area contributed by atoms with Crippen LogP contribution in [0.15, 0.2) is 24.3 Å². The molecule has 106 valence electrons. The van der Waals surface area contributed by atoms with Crippen molar-refractivity contribution < 1.29 is 9.53 Å². The third-order valence-electron chi connectivity index (χ3n) is 2.93. The normalized spacial score (nSPS) is 10.0. The minimum atomic E-state index is -0.104. The van der Waals surface area contributed by atoms with Crippen molar-refractivity contribution in [3.63, 3.8) is 0 Å². The van der Waals surface area contributed by atoms with E-state index in [2.05, 4.69) is 17.6 Å². The fraction of sp³-hybridized carbons (Fsp3) is 0.533. The monoisotopic (exact) mass is 264 g/mol. The summed E-state index contributed by atoms with van der Waals surface area (Å²) in [4.78, 5) is 11.5. The Morgan fingerprint density at radius 3 is 2.47 bits per heavy atom. The van der Waals surface area contributed by atoms with Gasteiger partial charge in [0, 0.05) is 13.1 Å². The Morgan fingerprint density at radius 2 is 1.84 bits per heavy atom. The van der Waals surface area contributed by atoms with Gasteiger partial charge < -0.3 is 15.4 Å². The molecule has 0 aliphatic rings. The summed E-state index contributed by atoms with van der Waals surface area (Å²) < 4.78 is 5.08. The predicted octanol–water partition coefficient (Wildman–Crippen LogP) is 3.07. The van der Waals surface area contributed by atoms with E-state index in [1.54, 1.807) is 7.11 Å². The highest BCUT2D eigenvalue weighted by Crippen LogP contribution is 2.10. The van der Waals surface area contributed by atoms with Crippen LogP contribution in [-0.4, -0.2) is 19.7 Å². The van der Waals surface area contributed by atoms with E-state index in [-0.39, 0.29) is 6.03 Å². The summed E-state index contributed by atoms with van der Waals surface area (Å²) in [7, 11) is 1.64. The van der Waals surface area contributed by atoms with Gasteiger partial charge in [0.1, 0.15) is 5.75 Å². The zero-order valence-electron chi connectivity index (χ0n) is 11.9. The lowest BCUT2D eigenvalue weighted by atomic mass is 10.2. The van der Waals surface area contributed by atoms with Crippen LogP contribution in [0.1, 0.15) is 38.2 Å². The van der Waals surface area contributed by atoms with Gasteiger partial charge in [-0.05, 0) is 24.1 Å². The second kappa shape index (κ2) is 9.25. The number of rotatable bonds is 8. The van der Waals surface area contributed by atoms with E-state index in [0.717, 1.165) is 24.3 Å². The number of benzene rings is 1. The minimum Gasteiger partial charge on any atom is -0.497 e. The Balaban J connectivity index is 2.15. The molecule has 0 unspecified atom stereocenters. The Labute approximate surface area is 115 Å². The average molecular weight is 264 g/mol. The fourth-order valence-electron chi connectivity index (χ4n) is 1.74. The maximum absolute atomic E-state index is 11.5. The van der Waals surface area contributed by atoms with E-state index >= 15 is 0 Å². The lowest BCUT2D eigenvalue weighted by Crippen LogP contribution is -2.35. The first-order valence-corrected chi connectivity index (χ1v) is 6.91. The highest BCUT2D eigenvalue weighted by Gasteiger charge is 2.00. The molecule has 0 aliphatic carbocycles. The van der Waals surface area contributed by atoms with Crippen LogP contribution in [0.4, 0.5) is 4.79 Å². The third-order valence-corrected chi connectivity index (χ3v) is 2.93. The molecule has 4 heteroatoms. The molecule has 0 bridgehead atoms. The molecule has 2 amide bonds. The largest absolute Gasteiger partial charge is 0.497 e. The first kappa shape index (κ1) is 15.3. The lowest BCUT2D eigenvalue weighted by molar-refractivity contribution is 0.240. The maximum atomic E-state index is 11.5. The molecule has 1 aromatic carbocycles. The first-order chi connectivity index (χ1) is 9.26. The van der Waals surface area contributed by atoms with Crippen molar-refractivity contribution in [2.75, 3.05) is 13.7 Å². The second-order valence-corrected chi connectivity index (χ2v) is 4.52. The van der Waals surface area contributed by atoms with E-state index in [0.29, 0.717) is 6.54 Å². The molecular formula is C15H24N2O2. The number of hydrogen-bond acceptors (Lipinski definition) is 2. The third kappa shape index (κ3) is 6.70. The summed E-state index contributed by atoms with van der Waals surface area (Å²) in [6.45, 7) is 3.45. The minimum absolute atomic E-state index is 0.104. The van der Waals surface area contributed by atoms with Crippen LogP contribution in [-0.2, 0) is 6.54 Å². The molecule has 0 fully saturated rings. The number of methoxy groups -OCH3 is 1. The van der Waals surface area contributed by atoms with E-state index in [9.17, 15) is 4.79 Å². The number of carbonyl (C=O) groups excluding carboxylic acids is 1. The molecule has 0 radical (unpaired) electrons. The van der Waals surface area contributed by atoms with Crippen LogP contribution >= 0.6 is 0 Å². The number of nitrogens with one attached hydrogen (secondary N) is 2. The Bertz CT molecular complexity index is 363. The molecule has 0 heterocycles. The Kier molecular flexibility index (Phi) is 7.47. The van der Waals surface area contributed by atoms with Gasteiger partial charge in [0.15, 0.2) is 0 Å². The number of urea groups is 1. The van der Waals surface area contributed by atoms with Gasteiger partial charge in [0.05, 0.1) is 7.11 Å². The van der Waals surface area contributed by atoms with Gasteiger partial charge in [-0.2, -0.15) is 0 Å². The molecule has 4 nitrogen and oxygen atoms in total. The second-order valence-electron chi connectivity index (χ2n) is 4.52. The summed E-state index contributed by atoms with van der Waals surface area (Å²) in [5, 5.41) is 5.70. The van der Waals surface area contributed by atoms with Crippen LogP contribution in [0.2, 0.25) is 0 Å². The average Bonchev–Trinajstić information content (AvgIpc) is 2.45. The number of ether oxygens (including phenoxy) is 1. The molecule has 1 aromatic rings. The van der Waals surface area contributed by atoms with Crippen molar-refractivity contribution in [2.24, 2.45) is 0 Å². The topological polar surface area (TPSA) is 50.4 Å². The SMILES string of the molecule is CCCCCCNC(=O)NCc1ccc(OC)cc1. The molecule has 0 spiro atoms. The van der Waals surface area contributed by atoms with Crippen LogP contribution in [0.3, 0.4) is 0 Å². The molecule has 2 N–H and O–H groups in total. The van der Waals surface area contributed by atoms with Crippen molar-refractivity contribution in [3.05, 3.63) is 29.8 Å². The number of amides is 2. The summed E-state index contributed by atoms with van der Waals surface area (Å²) in [5.41, 5.74) is 1.06. The Morgan fingerprint density at radius 1 is 1.11 bits per heavy atom. The summed E-state index contributed by atoms with van der Waals surface area (Å²) in [6.07, 6.45) is 4.66. The Hall–Kier alpha value is -1.71. The van der Waals surface area contributed by atoms with Crippen molar-refractivity contribution in [2.45, 2.75) is 39.2 Å². The van der Waals surface area contributed by atoms with Crippen molar-refractivity contribution in [1.82, 2.24) is 10.6 Å². The van der Waals surface area contributed by atoms with Crippen LogP contribution in [0.25, 0.3) is 0 Å². The molecule has 1 rings (SSSR count). The number of carbonyl (C=O) groups is 1. The summed E-state index contributed by atoms with van der Waals surface area (Å²) >= 11 is 0. The van der Waals surface area contributed by atoms with E-state index < -0.39 is 0 Å². The van der Waals surface area contributed by atoms with Gasteiger partial charge in [0.2, 0.25) is 0 Å². The first-order valence-electron chi connectivity index (χ1n) is 6.91. The van der Waals surface area contributed by atoms with Gasteiger partial charge in [-0.25, -0.2) is 4.79 Å². The fourth-order valence-corrected chi connectivity index (χ4v) is 1.74. The molecule has 0 aromatic heterocycles. The molecule has 0 saturated carbocycles. The lowest BCUT2D eigenvalue weighted by Gasteiger charge is -2.08. The zero-order chi connectivity index (χ0) is 13.9. The van der Waals surface area contributed by atoms with Crippen LogP contribution in [0.5, 0.6) is 5.75 Å². The van der Waals surface area contributed by atoms with E-state index in [1.165, 1.54) is 19.3 Å². The predicted molar refractivity (Wildman–Crippen MR) is 77.4 cm³/mol. The highest BCUT2D eigenvalue weighted by atomic mass is 16.5. The van der Waals surface area contributed by atoms with Gasteiger partial charge in [0.25, 0.3) is 0 Å². The molecule has 0 atom stereocenters. The van der Waals surface area contributed by atoms with E-state index in [1.807, 2.05) is 24.3 Å². The van der Waals surface area contributed by atoms with Gasteiger partial charge in [-0.15, -0.1) is 0 Å². The van der Waals surface area contributed by atoms with Crippen LogP contribution in [0, 0.1) is 0 Å². The van der Waals surface area contributed by atoms with Gasteiger partial charge >= 0.3 is 6.03 Å². The van der Waals surface area contributed by atoms with Crippen molar-refractivity contribution >= 4 is 6.03 Å². The summed E-state index contributed by atoms with van der Waals surface area (Å²) in [5.74, 6) is 0.823. The number of unbranched alkanes of at least 4 members (excludes halogenated alkanes) is 3. The standard InChI is InChI=1S/C15H24N2O2/c1-3-4-5-6-11-16-15(18)17-12-13-7-9-14(19-2)10-8-13/h7-10H,3-6,11-12H2,1-2H3,(H2,16,17,18). The van der Waals surface area contributed by atoms with Crippen molar-refractivity contribution in [3.8, 4) is 5.75 Å². The highest BCUT2D eigenvalue weighted by molar-refractivity contribution is 5.73. The smallest absolute Gasteiger partial charge is 0.315 e. The van der Waals surface area contributed by atoms with E-state index in [4.69, 9.17) is 4.74 Å². The quantitative estimate of drug-likeness (QED) is 0.709. The summed E-state index contributed by atoms with van der Waals surface area (Å²) in [6, 6.07) is 7.56. The molecule has 0 aliphatic heterocycles. The zero-order valence-corrected chi connectivity index (χ0v) is 11.9. The maximum Gasteiger partial charge on any atom is 0.315 e. The van der Waals surface area contributed by atoms with Crippen LogP contribution < -0.4 is 15.4 Å². The number of hydrogen-bond donors (Lipinski definition) is 2. The van der Waals surface area contributed by atoms with Gasteiger partial charge in [-0.1, -0.05) is 38.3 Å². The molecular weight excluding hydrogens is 240 g/mol. The van der Waals surface area contributed by atoms with Crippen molar-refractivity contribution in [1.29, 1.82) is 0 Å².